The van der Waals surface area contributed by atoms with Crippen LogP contribution in [0.2, 0.25) is 0 Å². The summed E-state index contributed by atoms with van der Waals surface area (Å²) in [5, 5.41) is 9.97. The van der Waals surface area contributed by atoms with Gasteiger partial charge in [-0.1, -0.05) is 5.21 Å². The van der Waals surface area contributed by atoms with Crippen LogP contribution >= 0.6 is 0 Å². The van der Waals surface area contributed by atoms with Crippen LogP contribution in [0.3, 0.4) is 0 Å². The Balaban J connectivity index is 1.86. The van der Waals surface area contributed by atoms with Gasteiger partial charge in [-0.05, 0) is 18.6 Å². The van der Waals surface area contributed by atoms with Gasteiger partial charge in [0.25, 0.3) is 5.91 Å². The van der Waals surface area contributed by atoms with Crippen LogP contribution in [0.5, 0.6) is 0 Å². The molecule has 1 aromatic carbocycles. The van der Waals surface area contributed by atoms with Crippen molar-refractivity contribution in [3.8, 4) is 0 Å². The summed E-state index contributed by atoms with van der Waals surface area (Å²) in [6.45, 7) is 0.942. The maximum Gasteiger partial charge on any atom is 0.251 e. The summed E-state index contributed by atoms with van der Waals surface area (Å²) in [7, 11) is 0. The third-order valence-electron chi connectivity index (χ3n) is 2.66. The molecule has 0 aliphatic carbocycles. The van der Waals surface area contributed by atoms with E-state index in [0.29, 0.717) is 19.5 Å². The van der Waals surface area contributed by atoms with Crippen LogP contribution in [0.25, 0.3) is 0 Å². The SMILES string of the molecule is Nc1c(F)cc(C(=O)NCCCn2ccnn2)cc1F. The van der Waals surface area contributed by atoms with Crippen molar-refractivity contribution in [3.63, 3.8) is 0 Å². The molecule has 0 atom stereocenters. The Kier molecular flexibility index (Phi) is 4.24. The molecular formula is C12H13F2N5O. The van der Waals surface area contributed by atoms with Crippen LogP contribution in [-0.4, -0.2) is 27.4 Å². The number of carbonyl (C=O) groups is 1. The Hall–Kier alpha value is -2.51. The highest BCUT2D eigenvalue weighted by atomic mass is 19.1. The maximum atomic E-state index is 13.2. The highest BCUT2D eigenvalue weighted by Crippen LogP contribution is 2.17. The summed E-state index contributed by atoms with van der Waals surface area (Å²) in [4.78, 5) is 11.7. The number of benzene rings is 1. The predicted molar refractivity (Wildman–Crippen MR) is 67.7 cm³/mol. The van der Waals surface area contributed by atoms with E-state index in [1.165, 1.54) is 0 Å². The first-order chi connectivity index (χ1) is 9.58. The molecule has 106 valence electrons. The number of rotatable bonds is 5. The smallest absolute Gasteiger partial charge is 0.251 e. The summed E-state index contributed by atoms with van der Waals surface area (Å²) < 4.78 is 28.0. The minimum atomic E-state index is -0.947. The molecular weight excluding hydrogens is 268 g/mol. The third-order valence-corrected chi connectivity index (χ3v) is 2.66. The Bertz CT molecular complexity index is 577. The van der Waals surface area contributed by atoms with Crippen LogP contribution in [-0.2, 0) is 6.54 Å². The number of nitrogens with one attached hydrogen (secondary N) is 1. The highest BCUT2D eigenvalue weighted by molar-refractivity contribution is 5.94. The quantitative estimate of drug-likeness (QED) is 0.631. The number of aryl methyl sites for hydroxylation is 1. The van der Waals surface area contributed by atoms with E-state index in [9.17, 15) is 13.6 Å². The molecule has 0 saturated carbocycles. The van der Waals surface area contributed by atoms with Gasteiger partial charge in [0.2, 0.25) is 0 Å². The lowest BCUT2D eigenvalue weighted by molar-refractivity contribution is 0.0951. The Morgan fingerprint density at radius 3 is 2.65 bits per heavy atom. The molecule has 3 N–H and O–H groups in total. The number of halogens is 2. The average molecular weight is 281 g/mol. The topological polar surface area (TPSA) is 85.8 Å². The van der Waals surface area contributed by atoms with Gasteiger partial charge in [0.05, 0.1) is 6.20 Å². The van der Waals surface area contributed by atoms with Crippen molar-refractivity contribution in [2.24, 2.45) is 0 Å². The molecule has 0 aliphatic heterocycles. The molecule has 0 radical (unpaired) electrons. The van der Waals surface area contributed by atoms with Gasteiger partial charge < -0.3 is 11.1 Å². The predicted octanol–water partition coefficient (Wildman–Crippen LogP) is 0.959. The molecule has 6 nitrogen and oxygen atoms in total. The molecule has 0 bridgehead atoms. The van der Waals surface area contributed by atoms with Crippen molar-refractivity contribution in [3.05, 3.63) is 41.7 Å². The Morgan fingerprint density at radius 2 is 2.05 bits per heavy atom. The first-order valence-corrected chi connectivity index (χ1v) is 5.94. The number of nitrogens with zero attached hydrogens (tertiary/aromatic N) is 3. The largest absolute Gasteiger partial charge is 0.394 e. The molecule has 0 unspecified atom stereocenters. The summed E-state index contributed by atoms with van der Waals surface area (Å²) in [5.41, 5.74) is 4.44. The van der Waals surface area contributed by atoms with E-state index in [1.54, 1.807) is 17.1 Å². The second-order valence-electron chi connectivity index (χ2n) is 4.13. The standard InChI is InChI=1S/C12H13F2N5O/c13-9-6-8(7-10(14)11(9)15)12(20)16-2-1-4-19-5-3-17-18-19/h3,5-7H,1-2,4,15H2,(H,16,20). The average Bonchev–Trinajstić information content (AvgIpc) is 2.93. The van der Waals surface area contributed by atoms with Gasteiger partial charge in [0.15, 0.2) is 0 Å². The molecule has 2 aromatic rings. The fourth-order valence-corrected chi connectivity index (χ4v) is 1.61. The van der Waals surface area contributed by atoms with Crippen molar-refractivity contribution >= 4 is 11.6 Å². The Labute approximate surface area is 113 Å². The monoisotopic (exact) mass is 281 g/mol. The second kappa shape index (κ2) is 6.09. The number of amides is 1. The normalized spacial score (nSPS) is 10.5. The van der Waals surface area contributed by atoms with Crippen LogP contribution in [0.1, 0.15) is 16.8 Å². The molecule has 2 rings (SSSR count). The van der Waals surface area contributed by atoms with E-state index < -0.39 is 23.2 Å². The highest BCUT2D eigenvalue weighted by Gasteiger charge is 2.12. The van der Waals surface area contributed by atoms with Crippen LogP contribution in [0, 0.1) is 11.6 Å². The first-order valence-electron chi connectivity index (χ1n) is 5.94. The first kappa shape index (κ1) is 13.9. The van der Waals surface area contributed by atoms with Gasteiger partial charge in [0.1, 0.15) is 17.3 Å². The lowest BCUT2D eigenvalue weighted by atomic mass is 10.1. The summed E-state index contributed by atoms with van der Waals surface area (Å²) in [6, 6.07) is 1.82. The van der Waals surface area contributed by atoms with Crippen LogP contribution in [0.4, 0.5) is 14.5 Å². The minimum absolute atomic E-state index is 0.102. The second-order valence-corrected chi connectivity index (χ2v) is 4.13. The molecule has 8 heteroatoms. The number of hydrogen-bond donors (Lipinski definition) is 2. The lowest BCUT2D eigenvalue weighted by Crippen LogP contribution is -2.25. The van der Waals surface area contributed by atoms with E-state index in [4.69, 9.17) is 5.73 Å². The maximum absolute atomic E-state index is 13.2. The minimum Gasteiger partial charge on any atom is -0.394 e. The zero-order valence-corrected chi connectivity index (χ0v) is 10.5. The van der Waals surface area contributed by atoms with E-state index in [2.05, 4.69) is 15.6 Å². The number of nitrogens with two attached hydrogens (primary N) is 1. The van der Waals surface area contributed by atoms with Gasteiger partial charge in [-0.15, -0.1) is 5.10 Å². The molecule has 0 aliphatic rings. The van der Waals surface area contributed by atoms with Gasteiger partial charge in [-0.25, -0.2) is 8.78 Å². The molecule has 0 fully saturated rings. The van der Waals surface area contributed by atoms with Gasteiger partial charge in [0, 0.05) is 24.8 Å². The fourth-order valence-electron chi connectivity index (χ4n) is 1.61. The molecule has 0 saturated heterocycles. The number of nitrogen functional groups attached to an aromatic ring is 1. The number of aromatic nitrogens is 3. The molecule has 0 spiro atoms. The van der Waals surface area contributed by atoms with Gasteiger partial charge in [-0.3, -0.25) is 9.48 Å². The lowest BCUT2D eigenvalue weighted by Gasteiger charge is -2.07. The van der Waals surface area contributed by atoms with E-state index in [0.717, 1.165) is 12.1 Å². The number of hydrogen-bond acceptors (Lipinski definition) is 4. The van der Waals surface area contributed by atoms with Crippen LogP contribution < -0.4 is 11.1 Å². The summed E-state index contributed by atoms with van der Waals surface area (Å²) >= 11 is 0. The van der Waals surface area contributed by atoms with Crippen LogP contribution in [0.15, 0.2) is 24.5 Å². The van der Waals surface area contributed by atoms with E-state index >= 15 is 0 Å². The van der Waals surface area contributed by atoms with Crippen molar-refractivity contribution in [2.45, 2.75) is 13.0 Å². The zero-order valence-electron chi connectivity index (χ0n) is 10.5. The third kappa shape index (κ3) is 3.28. The van der Waals surface area contributed by atoms with E-state index in [-0.39, 0.29) is 5.56 Å². The number of anilines is 1. The van der Waals surface area contributed by atoms with Gasteiger partial charge >= 0.3 is 0 Å². The fraction of sp³-hybridized carbons (Fsp3) is 0.250. The van der Waals surface area contributed by atoms with Crippen molar-refractivity contribution in [1.82, 2.24) is 20.3 Å². The molecule has 1 amide bonds. The van der Waals surface area contributed by atoms with Gasteiger partial charge in [-0.2, -0.15) is 0 Å². The van der Waals surface area contributed by atoms with Crippen molar-refractivity contribution in [2.75, 3.05) is 12.3 Å². The molecule has 1 aromatic heterocycles. The molecule has 1 heterocycles. The number of carbonyl (C=O) groups excluding carboxylic acids is 1. The summed E-state index contributed by atoms with van der Waals surface area (Å²) in [6.07, 6.45) is 3.88. The van der Waals surface area contributed by atoms with E-state index in [1.807, 2.05) is 0 Å². The summed E-state index contributed by atoms with van der Waals surface area (Å²) in [5.74, 6) is -2.45. The van der Waals surface area contributed by atoms with Crippen molar-refractivity contribution < 1.29 is 13.6 Å². The Morgan fingerprint density at radius 1 is 1.35 bits per heavy atom. The molecule has 20 heavy (non-hydrogen) atoms. The van der Waals surface area contributed by atoms with Crippen molar-refractivity contribution in [1.29, 1.82) is 0 Å². The zero-order chi connectivity index (χ0) is 14.5.